The number of aromatic carboxylic acids is 1. The Morgan fingerprint density at radius 2 is 2.08 bits per heavy atom. The Hall–Kier alpha value is -2.60. The predicted octanol–water partition coefficient (Wildman–Crippen LogP) is 3.43. The fourth-order valence-corrected chi connectivity index (χ4v) is 4.24. The van der Waals surface area contributed by atoms with Crippen LogP contribution in [0.2, 0.25) is 5.15 Å². The van der Waals surface area contributed by atoms with Crippen LogP contribution < -0.4 is 9.64 Å². The number of carboxylic acids is 1. The number of benzene rings is 1. The molecule has 4 rings (SSSR count). The van der Waals surface area contributed by atoms with Crippen molar-refractivity contribution in [2.75, 3.05) is 19.1 Å². The van der Waals surface area contributed by atoms with Crippen molar-refractivity contribution in [2.45, 2.75) is 25.2 Å². The predicted molar refractivity (Wildman–Crippen MR) is 97.3 cm³/mol. The van der Waals surface area contributed by atoms with Crippen LogP contribution in [0, 0.1) is 6.92 Å². The number of aromatic nitrogens is 1. The fourth-order valence-electron chi connectivity index (χ4n) is 4.09. The zero-order valence-corrected chi connectivity index (χ0v) is 15.3. The molecule has 0 bridgehead atoms. The Balaban J connectivity index is 2.09. The molecule has 1 aromatic carbocycles. The van der Waals surface area contributed by atoms with Crippen molar-refractivity contribution >= 4 is 29.2 Å². The summed E-state index contributed by atoms with van der Waals surface area (Å²) in [4.78, 5) is 30.3. The Labute approximate surface area is 155 Å². The molecule has 134 valence electrons. The summed E-state index contributed by atoms with van der Waals surface area (Å²) < 4.78 is 5.38. The highest BCUT2D eigenvalue weighted by atomic mass is 35.5. The third-order valence-electron chi connectivity index (χ3n) is 5.41. The van der Waals surface area contributed by atoms with Gasteiger partial charge in [-0.1, -0.05) is 11.6 Å². The summed E-state index contributed by atoms with van der Waals surface area (Å²) in [6, 6.07) is 3.18. The lowest BCUT2D eigenvalue weighted by Crippen LogP contribution is -2.28. The first-order valence-electron chi connectivity index (χ1n) is 8.21. The van der Waals surface area contributed by atoms with Crippen LogP contribution >= 0.6 is 11.6 Å². The van der Waals surface area contributed by atoms with Crippen LogP contribution in [0.25, 0.3) is 11.1 Å². The van der Waals surface area contributed by atoms with Crippen LogP contribution in [0.3, 0.4) is 0 Å². The molecule has 0 saturated heterocycles. The number of nitrogens with zero attached hydrogens (tertiary/aromatic N) is 2. The van der Waals surface area contributed by atoms with Gasteiger partial charge in [0.05, 0.1) is 24.3 Å². The van der Waals surface area contributed by atoms with Gasteiger partial charge in [0.1, 0.15) is 10.9 Å². The maximum atomic E-state index is 12.7. The monoisotopic (exact) mass is 372 g/mol. The molecule has 0 unspecified atom stereocenters. The SMILES string of the molecule is COc1cnc(Cl)cc1-c1c(C(=O)O)cc2c(c1C)C1(CC1)C(=O)N2C. The second-order valence-electron chi connectivity index (χ2n) is 6.78. The summed E-state index contributed by atoms with van der Waals surface area (Å²) in [6.45, 7) is 1.86. The highest BCUT2D eigenvalue weighted by Gasteiger charge is 2.59. The fraction of sp³-hybridized carbons (Fsp3) is 0.316. The molecule has 6 nitrogen and oxygen atoms in total. The molecule has 2 aromatic rings. The summed E-state index contributed by atoms with van der Waals surface area (Å²) in [5, 5.41) is 10.1. The van der Waals surface area contributed by atoms with Gasteiger partial charge in [0, 0.05) is 23.9 Å². The van der Waals surface area contributed by atoms with Gasteiger partial charge in [-0.3, -0.25) is 4.79 Å². The number of fused-ring (bicyclic) bond motifs is 2. The van der Waals surface area contributed by atoms with E-state index in [1.165, 1.54) is 13.3 Å². The van der Waals surface area contributed by atoms with Gasteiger partial charge >= 0.3 is 5.97 Å². The minimum Gasteiger partial charge on any atom is -0.494 e. The zero-order valence-electron chi connectivity index (χ0n) is 14.6. The number of carboxylic acid groups (broad SMARTS) is 1. The van der Waals surface area contributed by atoms with E-state index in [4.69, 9.17) is 16.3 Å². The highest BCUT2D eigenvalue weighted by Crippen LogP contribution is 2.59. The standard InChI is InChI=1S/C19H17ClN2O4/c1-9-15(10-7-14(20)21-8-13(10)26-3)11(17(23)24)6-12-16(9)19(4-5-19)18(25)22(12)2/h6-8H,4-5H2,1-3H3,(H,23,24). The third kappa shape index (κ3) is 2.08. The van der Waals surface area contributed by atoms with E-state index in [-0.39, 0.29) is 16.6 Å². The summed E-state index contributed by atoms with van der Waals surface area (Å²) in [5.74, 6) is -0.607. The number of hydrogen-bond acceptors (Lipinski definition) is 4. The molecule has 1 aromatic heterocycles. The summed E-state index contributed by atoms with van der Waals surface area (Å²) in [7, 11) is 3.19. The number of hydrogen-bond donors (Lipinski definition) is 1. The zero-order chi connectivity index (χ0) is 18.8. The summed E-state index contributed by atoms with van der Waals surface area (Å²) in [6.07, 6.45) is 3.04. The van der Waals surface area contributed by atoms with Crippen molar-refractivity contribution < 1.29 is 19.4 Å². The Morgan fingerprint density at radius 1 is 1.38 bits per heavy atom. The number of carbonyl (C=O) groups excluding carboxylic acids is 1. The van der Waals surface area contributed by atoms with Crippen molar-refractivity contribution in [1.82, 2.24) is 4.98 Å². The van der Waals surface area contributed by atoms with Crippen molar-refractivity contribution in [3.8, 4) is 16.9 Å². The first kappa shape index (κ1) is 16.8. The number of rotatable bonds is 3. The quantitative estimate of drug-likeness (QED) is 0.835. The lowest BCUT2D eigenvalue weighted by Gasteiger charge is -2.19. The van der Waals surface area contributed by atoms with E-state index in [0.29, 0.717) is 22.6 Å². The molecule has 0 radical (unpaired) electrons. The minimum atomic E-state index is -1.07. The topological polar surface area (TPSA) is 79.7 Å². The lowest BCUT2D eigenvalue weighted by atomic mass is 9.85. The summed E-state index contributed by atoms with van der Waals surface area (Å²) in [5.41, 5.74) is 3.04. The maximum absolute atomic E-state index is 12.7. The number of pyridine rings is 1. The van der Waals surface area contributed by atoms with E-state index in [1.54, 1.807) is 24.1 Å². The van der Waals surface area contributed by atoms with E-state index < -0.39 is 11.4 Å². The molecule has 1 saturated carbocycles. The molecular weight excluding hydrogens is 356 g/mol. The van der Waals surface area contributed by atoms with Crippen LogP contribution in [0.1, 0.15) is 34.3 Å². The van der Waals surface area contributed by atoms with Crippen LogP contribution in [0.4, 0.5) is 5.69 Å². The van der Waals surface area contributed by atoms with Gasteiger partial charge in [-0.15, -0.1) is 0 Å². The van der Waals surface area contributed by atoms with Crippen LogP contribution in [-0.4, -0.2) is 36.1 Å². The lowest BCUT2D eigenvalue weighted by molar-refractivity contribution is -0.119. The third-order valence-corrected chi connectivity index (χ3v) is 5.62. The largest absolute Gasteiger partial charge is 0.494 e. The maximum Gasteiger partial charge on any atom is 0.336 e. The van der Waals surface area contributed by atoms with E-state index in [1.807, 2.05) is 6.92 Å². The molecule has 1 spiro atoms. The minimum absolute atomic E-state index is 0.0313. The van der Waals surface area contributed by atoms with Crippen molar-refractivity contribution in [3.05, 3.63) is 40.2 Å². The Kier molecular flexibility index (Phi) is 3.53. The number of methoxy groups -OCH3 is 1. The first-order chi connectivity index (χ1) is 12.3. The van der Waals surface area contributed by atoms with Crippen LogP contribution in [-0.2, 0) is 10.2 Å². The van der Waals surface area contributed by atoms with Gasteiger partial charge in [-0.25, -0.2) is 9.78 Å². The molecule has 2 aliphatic rings. The summed E-state index contributed by atoms with van der Waals surface area (Å²) >= 11 is 6.06. The molecule has 1 aliphatic heterocycles. The van der Waals surface area contributed by atoms with Gasteiger partial charge in [0.25, 0.3) is 0 Å². The van der Waals surface area contributed by atoms with Gasteiger partial charge in [0.15, 0.2) is 0 Å². The molecule has 0 atom stereocenters. The van der Waals surface area contributed by atoms with Crippen LogP contribution in [0.15, 0.2) is 18.3 Å². The molecule has 1 aliphatic carbocycles. The number of ether oxygens (including phenoxy) is 1. The number of anilines is 1. The van der Waals surface area contributed by atoms with E-state index in [2.05, 4.69) is 4.98 Å². The normalized spacial score (nSPS) is 16.8. The molecule has 26 heavy (non-hydrogen) atoms. The number of likely N-dealkylation sites (N-methyl/N-ethyl adjacent to an activating group) is 1. The first-order valence-corrected chi connectivity index (χ1v) is 8.59. The van der Waals surface area contributed by atoms with Gasteiger partial charge in [0.2, 0.25) is 5.91 Å². The van der Waals surface area contributed by atoms with Crippen molar-refractivity contribution in [2.24, 2.45) is 0 Å². The molecule has 2 heterocycles. The van der Waals surface area contributed by atoms with Gasteiger partial charge in [-0.2, -0.15) is 0 Å². The highest BCUT2D eigenvalue weighted by molar-refractivity contribution is 6.29. The smallest absolute Gasteiger partial charge is 0.336 e. The number of amides is 1. The Morgan fingerprint density at radius 3 is 2.65 bits per heavy atom. The van der Waals surface area contributed by atoms with Gasteiger partial charge in [-0.05, 0) is 43.0 Å². The average molecular weight is 373 g/mol. The molecule has 1 amide bonds. The molecule has 1 fully saturated rings. The molecule has 7 heteroatoms. The van der Waals surface area contributed by atoms with Gasteiger partial charge < -0.3 is 14.7 Å². The number of halogens is 1. The molecule has 1 N–H and O–H groups in total. The van der Waals surface area contributed by atoms with E-state index >= 15 is 0 Å². The van der Waals surface area contributed by atoms with E-state index in [0.717, 1.165) is 24.0 Å². The second kappa shape index (κ2) is 5.45. The second-order valence-corrected chi connectivity index (χ2v) is 7.16. The molecular formula is C19H17ClN2O4. The van der Waals surface area contributed by atoms with E-state index in [9.17, 15) is 14.7 Å². The van der Waals surface area contributed by atoms with Crippen LogP contribution in [0.5, 0.6) is 5.75 Å². The van der Waals surface area contributed by atoms with Crippen molar-refractivity contribution in [3.63, 3.8) is 0 Å². The Bertz CT molecular complexity index is 982. The average Bonchev–Trinajstić information content (AvgIpc) is 3.37. The van der Waals surface area contributed by atoms with Crippen molar-refractivity contribution in [1.29, 1.82) is 0 Å². The number of carbonyl (C=O) groups is 2.